The van der Waals surface area contributed by atoms with E-state index in [1.165, 1.54) is 0 Å². The summed E-state index contributed by atoms with van der Waals surface area (Å²) in [6.45, 7) is 1.06. The lowest BCUT2D eigenvalue weighted by atomic mass is 9.98. The van der Waals surface area contributed by atoms with E-state index in [9.17, 15) is 14.7 Å². The van der Waals surface area contributed by atoms with Crippen molar-refractivity contribution in [1.29, 1.82) is 0 Å². The van der Waals surface area contributed by atoms with Gasteiger partial charge in [-0.1, -0.05) is 97.8 Å². The van der Waals surface area contributed by atoms with Gasteiger partial charge in [0, 0.05) is 31.4 Å². The van der Waals surface area contributed by atoms with Crippen molar-refractivity contribution < 1.29 is 24.2 Å². The van der Waals surface area contributed by atoms with Gasteiger partial charge in [0.25, 0.3) is 0 Å². The number of nitrogens with zero attached hydrogens (tertiary/aromatic N) is 2. The van der Waals surface area contributed by atoms with Crippen molar-refractivity contribution in [2.75, 3.05) is 11.1 Å². The summed E-state index contributed by atoms with van der Waals surface area (Å²) >= 11 is 0. The van der Waals surface area contributed by atoms with Gasteiger partial charge in [-0.25, -0.2) is 4.98 Å². The second-order valence-electron chi connectivity index (χ2n) is 14.4. The Labute approximate surface area is 327 Å². The number of unbranched alkanes of at least 4 members (excludes halogenated alkanes) is 3. The van der Waals surface area contributed by atoms with E-state index in [0.717, 1.165) is 70.1 Å². The number of aliphatic hydroxyl groups is 1. The second kappa shape index (κ2) is 18.7. The molecule has 5 aromatic carbocycles. The number of anilines is 2. The zero-order valence-electron chi connectivity index (χ0n) is 31.5. The molecule has 288 valence electrons. The standard InChI is InChI=1S/C46H49N5O5/c47-39-15-5-6-16-40(39)50-45(54)20-4-2-1-3-19-44(53)48-28-33-11-9-12-35(25-33)36-13-10-14-37(26-36)46-55-38(29-51-31-49-41-17-7-8-18-42(41)51)27-43(56-46)34-23-21-32(30-52)22-24-34/h5-18,21-26,31,38,43,46,52H,1-4,19-20,27-30,47H2,(H,48,53)(H,50,54)/t38-,43+,46+/m1/s1. The van der Waals surface area contributed by atoms with Crippen molar-refractivity contribution in [2.45, 2.75) is 83.1 Å². The maximum absolute atomic E-state index is 12.7. The third-order valence-electron chi connectivity index (χ3n) is 10.2. The van der Waals surface area contributed by atoms with Gasteiger partial charge < -0.3 is 35.5 Å². The highest BCUT2D eigenvalue weighted by Crippen LogP contribution is 2.39. The Morgan fingerprint density at radius 2 is 1.48 bits per heavy atom. The lowest BCUT2D eigenvalue weighted by molar-refractivity contribution is -0.252. The van der Waals surface area contributed by atoms with E-state index in [4.69, 9.17) is 15.2 Å². The SMILES string of the molecule is Nc1ccccc1NC(=O)CCCCCCC(=O)NCc1cccc(-c2cccc([C@H]3O[C@@H](Cn4cnc5ccccc54)C[C@@H](c4ccc(CO)cc4)O3)c2)c1. The number of benzene rings is 5. The van der Waals surface area contributed by atoms with Crippen LogP contribution in [-0.2, 0) is 38.8 Å². The average Bonchev–Trinajstić information content (AvgIpc) is 3.64. The quantitative estimate of drug-likeness (QED) is 0.0574. The van der Waals surface area contributed by atoms with E-state index in [2.05, 4.69) is 50.5 Å². The smallest absolute Gasteiger partial charge is 0.224 e. The molecular formula is C46H49N5O5. The molecule has 5 N–H and O–H groups in total. The van der Waals surface area contributed by atoms with E-state index >= 15 is 0 Å². The number of hydrogen-bond acceptors (Lipinski definition) is 7. The average molecular weight is 752 g/mol. The number of imidazole rings is 1. The van der Waals surface area contributed by atoms with Crippen LogP contribution in [0, 0.1) is 0 Å². The molecule has 10 nitrogen and oxygen atoms in total. The van der Waals surface area contributed by atoms with Crippen molar-refractivity contribution in [1.82, 2.24) is 14.9 Å². The lowest BCUT2D eigenvalue weighted by Crippen LogP contribution is -2.32. The molecule has 1 aromatic heterocycles. The number of aromatic nitrogens is 2. The van der Waals surface area contributed by atoms with Crippen LogP contribution >= 0.6 is 0 Å². The highest BCUT2D eigenvalue weighted by atomic mass is 16.7. The Kier molecular flexibility index (Phi) is 12.8. The van der Waals surface area contributed by atoms with Crippen LogP contribution in [0.2, 0.25) is 0 Å². The number of hydrogen-bond donors (Lipinski definition) is 4. The molecule has 0 bridgehead atoms. The Bertz CT molecular complexity index is 2240. The molecule has 56 heavy (non-hydrogen) atoms. The van der Waals surface area contributed by atoms with E-state index in [1.807, 2.05) is 85.2 Å². The van der Waals surface area contributed by atoms with Crippen LogP contribution in [0.15, 0.2) is 128 Å². The van der Waals surface area contributed by atoms with Crippen LogP contribution in [-0.4, -0.2) is 32.6 Å². The Morgan fingerprint density at radius 3 is 2.29 bits per heavy atom. The van der Waals surface area contributed by atoms with Gasteiger partial charge >= 0.3 is 0 Å². The highest BCUT2D eigenvalue weighted by molar-refractivity contribution is 5.93. The molecule has 0 spiro atoms. The van der Waals surface area contributed by atoms with E-state index in [1.54, 1.807) is 12.1 Å². The second-order valence-corrected chi connectivity index (χ2v) is 14.4. The van der Waals surface area contributed by atoms with Crippen LogP contribution in [0.5, 0.6) is 0 Å². The van der Waals surface area contributed by atoms with Crippen molar-refractivity contribution >= 4 is 34.2 Å². The molecule has 0 radical (unpaired) electrons. The van der Waals surface area contributed by atoms with E-state index in [-0.39, 0.29) is 30.6 Å². The summed E-state index contributed by atoms with van der Waals surface area (Å²) in [4.78, 5) is 29.5. The zero-order valence-corrected chi connectivity index (χ0v) is 31.5. The number of aliphatic hydroxyl groups excluding tert-OH is 1. The molecule has 2 heterocycles. The van der Waals surface area contributed by atoms with Crippen molar-refractivity contribution in [3.8, 4) is 11.1 Å². The molecule has 0 saturated carbocycles. The predicted octanol–water partition coefficient (Wildman–Crippen LogP) is 8.62. The third kappa shape index (κ3) is 10.1. The molecule has 1 fully saturated rings. The lowest BCUT2D eigenvalue weighted by Gasteiger charge is -2.36. The molecule has 1 saturated heterocycles. The number of amides is 2. The van der Waals surface area contributed by atoms with Gasteiger partial charge in [-0.15, -0.1) is 0 Å². The minimum Gasteiger partial charge on any atom is -0.397 e. The number of nitrogens with one attached hydrogen (secondary N) is 2. The van der Waals surface area contributed by atoms with Crippen molar-refractivity contribution in [3.63, 3.8) is 0 Å². The van der Waals surface area contributed by atoms with Crippen LogP contribution < -0.4 is 16.4 Å². The number of nitrogen functional groups attached to an aromatic ring is 1. The summed E-state index contributed by atoms with van der Waals surface area (Å²) < 4.78 is 15.5. The Hall–Kier alpha value is -5.81. The van der Waals surface area contributed by atoms with Gasteiger partial charge in [0.1, 0.15) is 0 Å². The predicted molar refractivity (Wildman–Crippen MR) is 219 cm³/mol. The summed E-state index contributed by atoms with van der Waals surface area (Å²) in [6, 6.07) is 39.7. The fraction of sp³-hybridized carbons (Fsp3) is 0.283. The van der Waals surface area contributed by atoms with Gasteiger partial charge in [0.05, 0.1) is 54.1 Å². The molecule has 2 amide bonds. The fourth-order valence-electron chi connectivity index (χ4n) is 7.17. The molecule has 10 heteroatoms. The normalized spacial score (nSPS) is 16.8. The first kappa shape index (κ1) is 38.5. The maximum atomic E-state index is 12.7. The minimum atomic E-state index is -0.598. The summed E-state index contributed by atoms with van der Waals surface area (Å²) in [5.41, 5.74) is 15.0. The van der Waals surface area contributed by atoms with E-state index in [0.29, 0.717) is 43.7 Å². The number of carbonyl (C=O) groups is 2. The molecule has 1 aliphatic rings. The zero-order chi connectivity index (χ0) is 38.7. The third-order valence-corrected chi connectivity index (χ3v) is 10.2. The monoisotopic (exact) mass is 751 g/mol. The molecule has 3 atom stereocenters. The van der Waals surface area contributed by atoms with Crippen molar-refractivity contribution in [2.24, 2.45) is 0 Å². The number of carbonyl (C=O) groups excluding carboxylic acids is 2. The number of para-hydroxylation sites is 4. The Balaban J connectivity index is 0.936. The molecular weight excluding hydrogens is 703 g/mol. The van der Waals surface area contributed by atoms with Crippen molar-refractivity contribution in [3.05, 3.63) is 150 Å². The van der Waals surface area contributed by atoms with Crippen LogP contribution in [0.25, 0.3) is 22.2 Å². The summed E-state index contributed by atoms with van der Waals surface area (Å²) in [5.74, 6) is -0.0373. The largest absolute Gasteiger partial charge is 0.397 e. The number of ether oxygens (including phenoxy) is 2. The molecule has 1 aliphatic heterocycles. The van der Waals surface area contributed by atoms with Crippen LogP contribution in [0.1, 0.15) is 79.6 Å². The van der Waals surface area contributed by atoms with Gasteiger partial charge in [0.15, 0.2) is 6.29 Å². The summed E-state index contributed by atoms with van der Waals surface area (Å²) in [6.07, 6.45) is 5.75. The molecule has 0 unspecified atom stereocenters. The van der Waals surface area contributed by atoms with E-state index < -0.39 is 6.29 Å². The first-order valence-electron chi connectivity index (χ1n) is 19.4. The molecule has 6 aromatic rings. The summed E-state index contributed by atoms with van der Waals surface area (Å²) in [7, 11) is 0. The van der Waals surface area contributed by atoms with Gasteiger partial charge in [-0.05, 0) is 77.1 Å². The van der Waals surface area contributed by atoms with Gasteiger partial charge in [-0.2, -0.15) is 0 Å². The maximum Gasteiger partial charge on any atom is 0.224 e. The summed E-state index contributed by atoms with van der Waals surface area (Å²) in [5, 5.41) is 15.5. The van der Waals surface area contributed by atoms with Gasteiger partial charge in [0.2, 0.25) is 11.8 Å². The van der Waals surface area contributed by atoms with Gasteiger partial charge in [-0.3, -0.25) is 9.59 Å². The van der Waals surface area contributed by atoms with Crippen LogP contribution in [0.3, 0.4) is 0 Å². The van der Waals surface area contributed by atoms with Crippen LogP contribution in [0.4, 0.5) is 11.4 Å². The first-order chi connectivity index (χ1) is 27.4. The topological polar surface area (TPSA) is 141 Å². The highest BCUT2D eigenvalue weighted by Gasteiger charge is 2.33. The first-order valence-corrected chi connectivity index (χ1v) is 19.4. The number of fused-ring (bicyclic) bond motifs is 1. The molecule has 0 aliphatic carbocycles. The number of nitrogens with two attached hydrogens (primary N) is 1. The Morgan fingerprint density at radius 1 is 0.750 bits per heavy atom. The fourth-order valence-corrected chi connectivity index (χ4v) is 7.17. The minimum absolute atomic E-state index is 0.00874. The number of rotatable bonds is 16. The molecule has 7 rings (SSSR count).